The van der Waals surface area contributed by atoms with E-state index in [0.29, 0.717) is 16.5 Å². The van der Waals surface area contributed by atoms with Gasteiger partial charge in [-0.1, -0.05) is 18.2 Å². The molecule has 1 atom stereocenters. The summed E-state index contributed by atoms with van der Waals surface area (Å²) in [5.41, 5.74) is 6.26. The zero-order valence-corrected chi connectivity index (χ0v) is 10.8. The Labute approximate surface area is 118 Å². The first kappa shape index (κ1) is 13.6. The van der Waals surface area contributed by atoms with Gasteiger partial charge in [0.2, 0.25) is 0 Å². The third-order valence-electron chi connectivity index (χ3n) is 3.34. The Kier molecular flexibility index (Phi) is 3.17. The molecular weight excluding hydrogens is 281 g/mol. The van der Waals surface area contributed by atoms with Crippen molar-refractivity contribution in [1.82, 2.24) is 4.98 Å². The SMILES string of the molecule is NC(c1cnccc1C(F)(F)F)c1coc2ccccc12. The van der Waals surface area contributed by atoms with E-state index in [0.717, 1.165) is 18.5 Å². The lowest BCUT2D eigenvalue weighted by Gasteiger charge is -2.17. The van der Waals surface area contributed by atoms with Crippen LogP contribution in [0.2, 0.25) is 0 Å². The number of hydrogen-bond acceptors (Lipinski definition) is 3. The minimum atomic E-state index is -4.48. The number of halogens is 3. The molecule has 0 aliphatic heterocycles. The maximum Gasteiger partial charge on any atom is 0.416 e. The van der Waals surface area contributed by atoms with E-state index in [2.05, 4.69) is 4.98 Å². The smallest absolute Gasteiger partial charge is 0.416 e. The first-order valence-corrected chi connectivity index (χ1v) is 6.21. The molecule has 0 bridgehead atoms. The second kappa shape index (κ2) is 4.89. The lowest BCUT2D eigenvalue weighted by atomic mass is 9.96. The maximum atomic E-state index is 13.1. The molecule has 0 spiro atoms. The Morgan fingerprint density at radius 3 is 2.62 bits per heavy atom. The molecule has 0 fully saturated rings. The fourth-order valence-electron chi connectivity index (χ4n) is 2.32. The molecule has 1 aromatic carbocycles. The summed E-state index contributed by atoms with van der Waals surface area (Å²) in [6.07, 6.45) is -0.834. The van der Waals surface area contributed by atoms with E-state index in [-0.39, 0.29) is 5.56 Å². The second-order valence-electron chi connectivity index (χ2n) is 4.63. The van der Waals surface area contributed by atoms with Gasteiger partial charge < -0.3 is 10.2 Å². The van der Waals surface area contributed by atoms with Gasteiger partial charge in [0.15, 0.2) is 0 Å². The van der Waals surface area contributed by atoms with Gasteiger partial charge in [-0.05, 0) is 12.1 Å². The van der Waals surface area contributed by atoms with Crippen LogP contribution >= 0.6 is 0 Å². The Balaban J connectivity index is 2.13. The number of aromatic nitrogens is 1. The molecule has 0 amide bonds. The minimum Gasteiger partial charge on any atom is -0.464 e. The summed E-state index contributed by atoms with van der Waals surface area (Å²) in [5, 5.41) is 0.696. The number of alkyl halides is 3. The minimum absolute atomic E-state index is 0.0726. The number of rotatable bonds is 2. The molecule has 2 aromatic heterocycles. The van der Waals surface area contributed by atoms with Crippen LogP contribution in [0.1, 0.15) is 22.7 Å². The van der Waals surface area contributed by atoms with Crippen LogP contribution in [0.5, 0.6) is 0 Å². The van der Waals surface area contributed by atoms with Crippen molar-refractivity contribution in [3.8, 4) is 0 Å². The number of nitrogens with two attached hydrogens (primary N) is 1. The van der Waals surface area contributed by atoms with E-state index in [1.165, 1.54) is 6.26 Å². The standard InChI is InChI=1S/C15H11F3N2O/c16-15(17,18)12-5-6-20-7-10(12)14(19)11-8-21-13-4-2-1-3-9(11)13/h1-8,14H,19H2. The van der Waals surface area contributed by atoms with Gasteiger partial charge in [0.25, 0.3) is 0 Å². The predicted molar refractivity (Wildman–Crippen MR) is 71.5 cm³/mol. The maximum absolute atomic E-state index is 13.1. The third kappa shape index (κ3) is 2.38. The summed E-state index contributed by atoms with van der Waals surface area (Å²) in [6, 6.07) is 7.03. The van der Waals surface area contributed by atoms with E-state index >= 15 is 0 Å². The topological polar surface area (TPSA) is 52.0 Å². The highest BCUT2D eigenvalue weighted by molar-refractivity contribution is 5.81. The van der Waals surface area contributed by atoms with E-state index in [1.54, 1.807) is 24.3 Å². The molecule has 21 heavy (non-hydrogen) atoms. The van der Waals surface area contributed by atoms with Gasteiger partial charge in [0.05, 0.1) is 17.9 Å². The molecule has 0 aliphatic rings. The number of pyridine rings is 1. The zero-order valence-electron chi connectivity index (χ0n) is 10.8. The Morgan fingerprint density at radius 1 is 1.10 bits per heavy atom. The number of hydrogen-bond donors (Lipinski definition) is 1. The lowest BCUT2D eigenvalue weighted by molar-refractivity contribution is -0.138. The van der Waals surface area contributed by atoms with Crippen molar-refractivity contribution in [3.05, 3.63) is 65.7 Å². The van der Waals surface area contributed by atoms with Crippen molar-refractivity contribution < 1.29 is 17.6 Å². The van der Waals surface area contributed by atoms with Gasteiger partial charge in [0, 0.05) is 28.9 Å². The summed E-state index contributed by atoms with van der Waals surface area (Å²) >= 11 is 0. The quantitative estimate of drug-likeness (QED) is 0.779. The Bertz CT molecular complexity index is 780. The van der Waals surface area contributed by atoms with Crippen molar-refractivity contribution in [2.75, 3.05) is 0 Å². The number of benzene rings is 1. The molecule has 6 heteroatoms. The van der Waals surface area contributed by atoms with Crippen LogP contribution in [0.15, 0.2) is 53.4 Å². The molecule has 0 aliphatic carbocycles. The molecule has 2 N–H and O–H groups in total. The van der Waals surface area contributed by atoms with Crippen LogP contribution in [0.4, 0.5) is 13.2 Å². The zero-order chi connectivity index (χ0) is 15.0. The summed E-state index contributed by atoms with van der Waals surface area (Å²) in [6.45, 7) is 0. The molecule has 3 nitrogen and oxygen atoms in total. The fraction of sp³-hybridized carbons (Fsp3) is 0.133. The number of furan rings is 1. The van der Waals surface area contributed by atoms with Gasteiger partial charge in [-0.15, -0.1) is 0 Å². The molecule has 3 aromatic rings. The molecule has 108 valence electrons. The first-order chi connectivity index (χ1) is 9.98. The summed E-state index contributed by atoms with van der Waals surface area (Å²) in [7, 11) is 0. The van der Waals surface area contributed by atoms with Crippen molar-refractivity contribution in [1.29, 1.82) is 0 Å². The van der Waals surface area contributed by atoms with Crippen LogP contribution in [-0.2, 0) is 6.18 Å². The van der Waals surface area contributed by atoms with Crippen LogP contribution in [0, 0.1) is 0 Å². The highest BCUT2D eigenvalue weighted by Crippen LogP contribution is 2.37. The summed E-state index contributed by atoms with van der Waals surface area (Å²) in [4.78, 5) is 3.76. The summed E-state index contributed by atoms with van der Waals surface area (Å²) in [5.74, 6) is 0. The van der Waals surface area contributed by atoms with Gasteiger partial charge in [0.1, 0.15) is 5.58 Å². The second-order valence-corrected chi connectivity index (χ2v) is 4.63. The van der Waals surface area contributed by atoms with Gasteiger partial charge in [-0.2, -0.15) is 13.2 Å². The largest absolute Gasteiger partial charge is 0.464 e. The molecule has 3 rings (SSSR count). The molecular formula is C15H11F3N2O. The number of para-hydroxylation sites is 1. The van der Waals surface area contributed by atoms with Crippen molar-refractivity contribution >= 4 is 11.0 Å². The monoisotopic (exact) mass is 292 g/mol. The van der Waals surface area contributed by atoms with Gasteiger partial charge in [-0.3, -0.25) is 4.98 Å². The lowest BCUT2D eigenvalue weighted by Crippen LogP contribution is -2.18. The van der Waals surface area contributed by atoms with E-state index in [9.17, 15) is 13.2 Å². The highest BCUT2D eigenvalue weighted by Gasteiger charge is 2.35. The van der Waals surface area contributed by atoms with E-state index < -0.39 is 17.8 Å². The van der Waals surface area contributed by atoms with Crippen LogP contribution in [0.25, 0.3) is 11.0 Å². The summed E-state index contributed by atoms with van der Waals surface area (Å²) < 4.78 is 44.5. The van der Waals surface area contributed by atoms with Gasteiger partial charge in [-0.25, -0.2) is 0 Å². The van der Waals surface area contributed by atoms with Crippen molar-refractivity contribution in [2.45, 2.75) is 12.2 Å². The highest BCUT2D eigenvalue weighted by atomic mass is 19.4. The molecule has 2 heterocycles. The molecule has 0 saturated heterocycles. The number of nitrogens with zero attached hydrogens (tertiary/aromatic N) is 1. The van der Waals surface area contributed by atoms with E-state index in [4.69, 9.17) is 10.2 Å². The van der Waals surface area contributed by atoms with E-state index in [1.807, 2.05) is 0 Å². The van der Waals surface area contributed by atoms with Crippen molar-refractivity contribution in [3.63, 3.8) is 0 Å². The molecule has 0 radical (unpaired) electrons. The third-order valence-corrected chi connectivity index (χ3v) is 3.34. The first-order valence-electron chi connectivity index (χ1n) is 6.21. The van der Waals surface area contributed by atoms with Crippen LogP contribution in [0.3, 0.4) is 0 Å². The normalized spacial score (nSPS) is 13.5. The predicted octanol–water partition coefficient (Wildman–Crippen LogP) is 3.89. The Hall–Kier alpha value is -2.34. The van der Waals surface area contributed by atoms with Crippen LogP contribution < -0.4 is 5.73 Å². The average molecular weight is 292 g/mol. The molecule has 1 unspecified atom stereocenters. The molecule has 0 saturated carbocycles. The fourth-order valence-corrected chi connectivity index (χ4v) is 2.32. The van der Waals surface area contributed by atoms with Crippen LogP contribution in [-0.4, -0.2) is 4.98 Å². The number of fused-ring (bicyclic) bond motifs is 1. The average Bonchev–Trinajstić information content (AvgIpc) is 2.89. The Morgan fingerprint density at radius 2 is 1.86 bits per heavy atom. The van der Waals surface area contributed by atoms with Gasteiger partial charge >= 0.3 is 6.18 Å². The van der Waals surface area contributed by atoms with Crippen molar-refractivity contribution in [2.24, 2.45) is 5.73 Å².